The van der Waals surface area contributed by atoms with Crippen LogP contribution in [0.3, 0.4) is 0 Å². The molecule has 5 heteroatoms. The van der Waals surface area contributed by atoms with E-state index in [-0.39, 0.29) is 12.0 Å². The first-order valence-corrected chi connectivity index (χ1v) is 4.65. The van der Waals surface area contributed by atoms with E-state index in [1.165, 1.54) is 12.1 Å². The molecule has 0 aliphatic carbocycles. The number of carbonyl (C=O) groups is 1. The number of carboxylic acid groups (broad SMARTS) is 1. The molecule has 0 radical (unpaired) electrons. The van der Waals surface area contributed by atoms with Crippen molar-refractivity contribution >= 4 is 21.9 Å². The number of aliphatic carboxylic acids is 1. The average Bonchev–Trinajstić information content (AvgIpc) is 2.09. The Labute approximate surface area is 88.3 Å². The van der Waals surface area contributed by atoms with Crippen LogP contribution in [0.4, 0.5) is 4.39 Å². The predicted octanol–water partition coefficient (Wildman–Crippen LogP) is 1.58. The molecule has 3 nitrogen and oxygen atoms in total. The van der Waals surface area contributed by atoms with Crippen LogP contribution in [0, 0.1) is 5.82 Å². The summed E-state index contributed by atoms with van der Waals surface area (Å²) in [6, 6.07) is 4.25. The number of aliphatic hydroxyl groups excluding tert-OH is 1. The number of hydrogen-bond acceptors (Lipinski definition) is 2. The molecular weight excluding hydrogens is 255 g/mol. The SMILES string of the molecule is O=C(O)C(O)Cc1ccc(Br)cc1F. The number of halogens is 2. The lowest BCUT2D eigenvalue weighted by molar-refractivity contribution is -0.146. The summed E-state index contributed by atoms with van der Waals surface area (Å²) in [5.41, 5.74) is 0.183. The maximum atomic E-state index is 13.1. The minimum absolute atomic E-state index is 0.183. The van der Waals surface area contributed by atoms with Crippen molar-refractivity contribution in [2.24, 2.45) is 0 Å². The Morgan fingerprint density at radius 1 is 1.57 bits per heavy atom. The van der Waals surface area contributed by atoms with Gasteiger partial charge in [-0.3, -0.25) is 0 Å². The van der Waals surface area contributed by atoms with Crippen molar-refractivity contribution in [1.82, 2.24) is 0 Å². The van der Waals surface area contributed by atoms with Crippen LogP contribution >= 0.6 is 15.9 Å². The van der Waals surface area contributed by atoms with Crippen molar-refractivity contribution in [3.05, 3.63) is 34.1 Å². The van der Waals surface area contributed by atoms with Crippen LogP contribution in [0.25, 0.3) is 0 Å². The van der Waals surface area contributed by atoms with Crippen LogP contribution in [-0.4, -0.2) is 22.3 Å². The van der Waals surface area contributed by atoms with Crippen molar-refractivity contribution in [2.75, 3.05) is 0 Å². The van der Waals surface area contributed by atoms with E-state index >= 15 is 0 Å². The van der Waals surface area contributed by atoms with Gasteiger partial charge in [0, 0.05) is 10.9 Å². The molecule has 0 aromatic heterocycles. The zero-order valence-corrected chi connectivity index (χ0v) is 8.66. The first-order chi connectivity index (χ1) is 6.50. The van der Waals surface area contributed by atoms with Crippen molar-refractivity contribution in [3.8, 4) is 0 Å². The van der Waals surface area contributed by atoms with Gasteiger partial charge in [0.15, 0.2) is 6.10 Å². The highest BCUT2D eigenvalue weighted by Crippen LogP contribution is 2.16. The molecule has 0 aliphatic rings. The van der Waals surface area contributed by atoms with Crippen LogP contribution in [0.5, 0.6) is 0 Å². The fourth-order valence-corrected chi connectivity index (χ4v) is 1.32. The Kier molecular flexibility index (Phi) is 3.60. The van der Waals surface area contributed by atoms with Crippen LogP contribution in [0.2, 0.25) is 0 Å². The van der Waals surface area contributed by atoms with Gasteiger partial charge in [-0.1, -0.05) is 22.0 Å². The van der Waals surface area contributed by atoms with Gasteiger partial charge in [-0.2, -0.15) is 0 Å². The van der Waals surface area contributed by atoms with Crippen LogP contribution in [-0.2, 0) is 11.2 Å². The monoisotopic (exact) mass is 262 g/mol. The molecule has 1 aromatic carbocycles. The molecule has 1 unspecified atom stereocenters. The lowest BCUT2D eigenvalue weighted by Gasteiger charge is -2.06. The summed E-state index contributed by atoms with van der Waals surface area (Å²) in [6.45, 7) is 0. The molecule has 1 rings (SSSR count). The Hall–Kier alpha value is -0.940. The Morgan fingerprint density at radius 2 is 2.21 bits per heavy atom. The fourth-order valence-electron chi connectivity index (χ4n) is 0.983. The molecule has 0 spiro atoms. The Bertz CT molecular complexity index is 354. The van der Waals surface area contributed by atoms with Gasteiger partial charge in [0.05, 0.1) is 0 Å². The Morgan fingerprint density at radius 3 is 2.71 bits per heavy atom. The number of carboxylic acids is 1. The number of hydrogen-bond donors (Lipinski definition) is 2. The average molecular weight is 263 g/mol. The zero-order valence-electron chi connectivity index (χ0n) is 7.08. The predicted molar refractivity (Wildman–Crippen MR) is 51.4 cm³/mol. The van der Waals surface area contributed by atoms with Gasteiger partial charge in [0.2, 0.25) is 0 Å². The summed E-state index contributed by atoms with van der Waals surface area (Å²) in [4.78, 5) is 10.3. The van der Waals surface area contributed by atoms with E-state index in [0.29, 0.717) is 4.47 Å². The summed E-state index contributed by atoms with van der Waals surface area (Å²) >= 11 is 3.07. The quantitative estimate of drug-likeness (QED) is 0.870. The summed E-state index contributed by atoms with van der Waals surface area (Å²) < 4.78 is 13.7. The van der Waals surface area contributed by atoms with E-state index in [1.807, 2.05) is 0 Å². The van der Waals surface area contributed by atoms with E-state index in [2.05, 4.69) is 15.9 Å². The second-order valence-electron chi connectivity index (χ2n) is 2.79. The van der Waals surface area contributed by atoms with Gasteiger partial charge in [-0.15, -0.1) is 0 Å². The summed E-state index contributed by atoms with van der Waals surface area (Å²) in [6.07, 6.45) is -1.79. The third kappa shape index (κ3) is 2.78. The highest BCUT2D eigenvalue weighted by Gasteiger charge is 2.15. The largest absolute Gasteiger partial charge is 0.479 e. The smallest absolute Gasteiger partial charge is 0.332 e. The van der Waals surface area contributed by atoms with E-state index in [4.69, 9.17) is 10.2 Å². The van der Waals surface area contributed by atoms with Gasteiger partial charge in [-0.25, -0.2) is 9.18 Å². The van der Waals surface area contributed by atoms with Crippen molar-refractivity contribution in [1.29, 1.82) is 0 Å². The van der Waals surface area contributed by atoms with Gasteiger partial charge in [0.25, 0.3) is 0 Å². The molecule has 0 heterocycles. The third-order valence-corrected chi connectivity index (χ3v) is 2.21. The number of aliphatic hydroxyl groups is 1. The van der Waals surface area contributed by atoms with E-state index < -0.39 is 17.9 Å². The molecule has 0 saturated carbocycles. The van der Waals surface area contributed by atoms with Gasteiger partial charge >= 0.3 is 5.97 Å². The Balaban J connectivity index is 2.82. The second kappa shape index (κ2) is 4.52. The van der Waals surface area contributed by atoms with Gasteiger partial charge in [-0.05, 0) is 17.7 Å². The fraction of sp³-hybridized carbons (Fsp3) is 0.222. The second-order valence-corrected chi connectivity index (χ2v) is 3.71. The summed E-state index contributed by atoms with van der Waals surface area (Å²) in [5, 5.41) is 17.4. The van der Waals surface area contributed by atoms with E-state index in [1.54, 1.807) is 6.07 Å². The van der Waals surface area contributed by atoms with Crippen molar-refractivity contribution in [3.63, 3.8) is 0 Å². The molecule has 1 atom stereocenters. The molecule has 2 N–H and O–H groups in total. The van der Waals surface area contributed by atoms with E-state index in [9.17, 15) is 9.18 Å². The summed E-state index contributed by atoms with van der Waals surface area (Å²) in [5.74, 6) is -1.88. The zero-order chi connectivity index (χ0) is 10.7. The lowest BCUT2D eigenvalue weighted by Crippen LogP contribution is -2.22. The first kappa shape index (κ1) is 11.1. The molecule has 0 aliphatic heterocycles. The molecule has 1 aromatic rings. The standard InChI is InChI=1S/C9H8BrFO3/c10-6-2-1-5(7(11)4-6)3-8(12)9(13)14/h1-2,4,8,12H,3H2,(H,13,14). The van der Waals surface area contributed by atoms with E-state index in [0.717, 1.165) is 0 Å². The van der Waals surface area contributed by atoms with Gasteiger partial charge in [0.1, 0.15) is 5.82 Å². The molecule has 76 valence electrons. The highest BCUT2D eigenvalue weighted by atomic mass is 79.9. The lowest BCUT2D eigenvalue weighted by atomic mass is 10.1. The van der Waals surface area contributed by atoms with Crippen LogP contribution < -0.4 is 0 Å². The topological polar surface area (TPSA) is 57.5 Å². The maximum absolute atomic E-state index is 13.1. The first-order valence-electron chi connectivity index (χ1n) is 3.85. The van der Waals surface area contributed by atoms with Crippen LogP contribution in [0.15, 0.2) is 22.7 Å². The minimum atomic E-state index is -1.56. The molecule has 0 amide bonds. The van der Waals surface area contributed by atoms with Gasteiger partial charge < -0.3 is 10.2 Å². The molecule has 0 fully saturated rings. The molecule has 0 saturated heterocycles. The van der Waals surface area contributed by atoms with Crippen molar-refractivity contribution < 1.29 is 19.4 Å². The maximum Gasteiger partial charge on any atom is 0.332 e. The van der Waals surface area contributed by atoms with Crippen molar-refractivity contribution in [2.45, 2.75) is 12.5 Å². The highest BCUT2D eigenvalue weighted by molar-refractivity contribution is 9.10. The summed E-state index contributed by atoms with van der Waals surface area (Å²) in [7, 11) is 0. The minimum Gasteiger partial charge on any atom is -0.479 e. The number of benzene rings is 1. The number of rotatable bonds is 3. The van der Waals surface area contributed by atoms with Crippen LogP contribution in [0.1, 0.15) is 5.56 Å². The molecular formula is C9H8BrFO3. The normalized spacial score (nSPS) is 12.5. The molecule has 14 heavy (non-hydrogen) atoms. The molecule has 0 bridgehead atoms. The third-order valence-electron chi connectivity index (χ3n) is 1.71.